The number of nitrogens with zero attached hydrogens (tertiary/aromatic N) is 6. The molecule has 0 saturated carbocycles. The molecule has 37 heavy (non-hydrogen) atoms. The van der Waals surface area contributed by atoms with Gasteiger partial charge in [-0.05, 0) is 35.6 Å². The van der Waals surface area contributed by atoms with Gasteiger partial charge >= 0.3 is 13.6 Å². The highest BCUT2D eigenvalue weighted by atomic mass is 35.5. The number of benzene rings is 1. The topological polar surface area (TPSA) is 193 Å². The van der Waals surface area contributed by atoms with Crippen molar-refractivity contribution in [3.63, 3.8) is 0 Å². The predicted molar refractivity (Wildman–Crippen MR) is 128 cm³/mol. The van der Waals surface area contributed by atoms with Crippen LogP contribution in [-0.4, -0.2) is 89.1 Å². The van der Waals surface area contributed by atoms with Gasteiger partial charge in [0.2, 0.25) is 5.28 Å². The van der Waals surface area contributed by atoms with E-state index in [9.17, 15) is 19.6 Å². The SMILES string of the molecule is CN(c1nc(Cl)nc2c1nnn2[C@@H]1O[C@H](COC(=O)CP(=O)(O)O)[C@@H](O)[C@H]1O)[C@H]1CCc2ccccc21. The summed E-state index contributed by atoms with van der Waals surface area (Å²) in [6.45, 7) is -0.551. The Balaban J connectivity index is 1.39. The number of esters is 1. The molecule has 2 aliphatic rings. The minimum absolute atomic E-state index is 0.0258. The number of aliphatic hydroxyl groups is 2. The van der Waals surface area contributed by atoms with Crippen molar-refractivity contribution in [3.8, 4) is 0 Å². The van der Waals surface area contributed by atoms with Gasteiger partial charge in [0.25, 0.3) is 0 Å². The van der Waals surface area contributed by atoms with Crippen LogP contribution in [0.3, 0.4) is 0 Å². The summed E-state index contributed by atoms with van der Waals surface area (Å²) in [5.41, 5.74) is 2.89. The van der Waals surface area contributed by atoms with Crippen molar-refractivity contribution in [2.24, 2.45) is 0 Å². The molecule has 0 radical (unpaired) electrons. The third kappa shape index (κ3) is 5.06. The molecular formula is C21H24ClN6O8P. The van der Waals surface area contributed by atoms with E-state index in [1.54, 1.807) is 0 Å². The Kier molecular flexibility index (Phi) is 6.92. The van der Waals surface area contributed by atoms with E-state index in [0.29, 0.717) is 11.3 Å². The largest absolute Gasteiger partial charge is 0.462 e. The van der Waals surface area contributed by atoms with Crippen LogP contribution in [0.5, 0.6) is 0 Å². The van der Waals surface area contributed by atoms with E-state index < -0.39 is 50.9 Å². The second-order valence-corrected chi connectivity index (χ2v) is 10.9. The monoisotopic (exact) mass is 554 g/mol. The number of halogens is 1. The summed E-state index contributed by atoms with van der Waals surface area (Å²) >= 11 is 6.25. The van der Waals surface area contributed by atoms with Crippen molar-refractivity contribution in [2.45, 2.75) is 43.4 Å². The molecule has 5 rings (SSSR count). The Bertz CT molecular complexity index is 1380. The normalized spacial score (nSPS) is 25.4. The Morgan fingerprint density at radius 3 is 2.78 bits per heavy atom. The predicted octanol–water partition coefficient (Wildman–Crippen LogP) is 0.338. The Morgan fingerprint density at radius 1 is 1.27 bits per heavy atom. The highest BCUT2D eigenvalue weighted by molar-refractivity contribution is 7.52. The van der Waals surface area contributed by atoms with E-state index in [2.05, 4.69) is 32.4 Å². The van der Waals surface area contributed by atoms with Crippen LogP contribution in [0, 0.1) is 0 Å². The summed E-state index contributed by atoms with van der Waals surface area (Å²) in [4.78, 5) is 40.0. The number of rotatable bonds is 7. The fraction of sp³-hybridized carbons (Fsp3) is 0.476. The smallest absolute Gasteiger partial charge is 0.336 e. The van der Waals surface area contributed by atoms with E-state index in [1.807, 2.05) is 24.1 Å². The first kappa shape index (κ1) is 25.9. The Hall–Kier alpha value is -2.71. The third-order valence-corrected chi connectivity index (χ3v) is 7.34. The molecule has 3 aromatic rings. The van der Waals surface area contributed by atoms with E-state index in [4.69, 9.17) is 30.9 Å². The van der Waals surface area contributed by atoms with Crippen molar-refractivity contribution >= 4 is 42.1 Å². The second kappa shape index (κ2) is 9.87. The first-order valence-corrected chi connectivity index (χ1v) is 13.5. The van der Waals surface area contributed by atoms with Crippen LogP contribution < -0.4 is 4.90 Å². The molecule has 0 unspecified atom stereocenters. The molecule has 198 valence electrons. The van der Waals surface area contributed by atoms with Gasteiger partial charge in [0.05, 0.1) is 6.04 Å². The zero-order valence-electron chi connectivity index (χ0n) is 19.5. The quantitative estimate of drug-likeness (QED) is 0.177. The maximum atomic E-state index is 11.6. The molecule has 0 bridgehead atoms. The molecule has 1 aliphatic heterocycles. The van der Waals surface area contributed by atoms with Crippen LogP contribution in [-0.2, 0) is 25.3 Å². The molecule has 4 N–H and O–H groups in total. The standard InChI is InChI=1S/C21H24ClN6O8P/c1-27(12-7-6-10-4-2-3-5-11(10)12)18-15-19(24-21(22)23-18)28(26-25-15)20-17(31)16(30)13(36-20)8-35-14(29)9-37(32,33)34/h2-5,12-13,16-17,20,30-31H,6-9H2,1H3,(H2,32,33,34)/t12-,13+,16+,17+,20+/m0/s1. The van der Waals surface area contributed by atoms with Gasteiger partial charge in [0, 0.05) is 7.05 Å². The second-order valence-electron chi connectivity index (χ2n) is 8.94. The van der Waals surface area contributed by atoms with E-state index >= 15 is 0 Å². The van der Waals surface area contributed by atoms with Gasteiger partial charge in [-0.2, -0.15) is 14.6 Å². The summed E-state index contributed by atoms with van der Waals surface area (Å²) in [6, 6.07) is 8.16. The van der Waals surface area contributed by atoms with Gasteiger partial charge in [-0.15, -0.1) is 5.10 Å². The molecule has 0 spiro atoms. The lowest BCUT2D eigenvalue weighted by molar-refractivity contribution is -0.147. The number of aryl methyl sites for hydroxylation is 1. The van der Waals surface area contributed by atoms with Gasteiger partial charge < -0.3 is 34.4 Å². The van der Waals surface area contributed by atoms with Crippen LogP contribution in [0.2, 0.25) is 5.28 Å². The first-order valence-electron chi connectivity index (χ1n) is 11.3. The maximum Gasteiger partial charge on any atom is 0.336 e. The average molecular weight is 555 g/mol. The lowest BCUT2D eigenvalue weighted by Crippen LogP contribution is -2.34. The minimum Gasteiger partial charge on any atom is -0.462 e. The van der Waals surface area contributed by atoms with Gasteiger partial charge in [-0.3, -0.25) is 9.36 Å². The first-order chi connectivity index (χ1) is 17.5. The molecule has 16 heteroatoms. The van der Waals surface area contributed by atoms with Crippen LogP contribution in [0.15, 0.2) is 24.3 Å². The summed E-state index contributed by atoms with van der Waals surface area (Å²) in [6.07, 6.45) is -4.80. The zero-order chi connectivity index (χ0) is 26.5. The molecule has 14 nitrogen and oxygen atoms in total. The fourth-order valence-electron chi connectivity index (χ4n) is 4.75. The number of aromatic nitrogens is 5. The molecule has 1 fully saturated rings. The molecular weight excluding hydrogens is 531 g/mol. The summed E-state index contributed by atoms with van der Waals surface area (Å²) < 4.78 is 22.6. The van der Waals surface area contributed by atoms with Crippen LogP contribution >= 0.6 is 19.2 Å². The molecule has 2 aromatic heterocycles. The third-order valence-electron chi connectivity index (χ3n) is 6.50. The van der Waals surface area contributed by atoms with E-state index in [-0.39, 0.29) is 17.0 Å². The molecule has 0 amide bonds. The minimum atomic E-state index is -4.61. The summed E-state index contributed by atoms with van der Waals surface area (Å²) in [5.74, 6) is -0.743. The van der Waals surface area contributed by atoms with Gasteiger partial charge in [-0.25, -0.2) is 0 Å². The van der Waals surface area contributed by atoms with Gasteiger partial charge in [0.15, 0.2) is 23.2 Å². The highest BCUT2D eigenvalue weighted by Gasteiger charge is 2.46. The number of carbonyl (C=O) groups is 1. The average Bonchev–Trinajstić information content (AvgIpc) is 3.52. The van der Waals surface area contributed by atoms with E-state index in [0.717, 1.165) is 17.5 Å². The number of hydrogen-bond donors (Lipinski definition) is 4. The molecule has 5 atom stereocenters. The van der Waals surface area contributed by atoms with Crippen molar-refractivity contribution < 1.29 is 38.8 Å². The number of ether oxygens (including phenoxy) is 2. The zero-order valence-corrected chi connectivity index (χ0v) is 21.1. The number of fused-ring (bicyclic) bond motifs is 2. The summed E-state index contributed by atoms with van der Waals surface area (Å²) in [7, 11) is -2.74. The Labute approximate surface area is 214 Å². The van der Waals surface area contributed by atoms with E-state index in [1.165, 1.54) is 11.1 Å². The van der Waals surface area contributed by atoms with Crippen LogP contribution in [0.1, 0.15) is 29.8 Å². The van der Waals surface area contributed by atoms with Crippen LogP contribution in [0.25, 0.3) is 11.2 Å². The summed E-state index contributed by atoms with van der Waals surface area (Å²) in [5, 5.41) is 29.2. The number of carbonyl (C=O) groups excluding carboxylic acids is 1. The van der Waals surface area contributed by atoms with Gasteiger partial charge in [0.1, 0.15) is 31.1 Å². The van der Waals surface area contributed by atoms with Crippen molar-refractivity contribution in [2.75, 3.05) is 24.7 Å². The maximum absolute atomic E-state index is 11.6. The molecule has 1 aliphatic carbocycles. The molecule has 1 saturated heterocycles. The number of anilines is 1. The van der Waals surface area contributed by atoms with Crippen molar-refractivity contribution in [3.05, 3.63) is 40.7 Å². The lowest BCUT2D eigenvalue weighted by Gasteiger charge is -2.26. The van der Waals surface area contributed by atoms with Gasteiger partial charge in [-0.1, -0.05) is 29.5 Å². The lowest BCUT2D eigenvalue weighted by atomic mass is 10.1. The highest BCUT2D eigenvalue weighted by Crippen LogP contribution is 2.39. The van der Waals surface area contributed by atoms with Crippen molar-refractivity contribution in [1.29, 1.82) is 0 Å². The molecule has 1 aromatic carbocycles. The fourth-order valence-corrected chi connectivity index (χ4v) is 5.34. The number of hydrogen-bond acceptors (Lipinski definition) is 11. The Morgan fingerprint density at radius 2 is 2.03 bits per heavy atom. The van der Waals surface area contributed by atoms with Crippen molar-refractivity contribution in [1.82, 2.24) is 25.0 Å². The molecule has 3 heterocycles. The number of aliphatic hydroxyl groups excluding tert-OH is 2. The van der Waals surface area contributed by atoms with Crippen LogP contribution in [0.4, 0.5) is 5.82 Å².